The lowest BCUT2D eigenvalue weighted by Gasteiger charge is -2.49. The second kappa shape index (κ2) is 4.76. The lowest BCUT2D eigenvalue weighted by atomic mass is 9.77. The summed E-state index contributed by atoms with van der Waals surface area (Å²) < 4.78 is 0. The smallest absolute Gasteiger partial charge is 0.0408 e. The van der Waals surface area contributed by atoms with Crippen LogP contribution in [-0.4, -0.2) is 30.6 Å². The van der Waals surface area contributed by atoms with Crippen LogP contribution in [-0.2, 0) is 6.42 Å². The van der Waals surface area contributed by atoms with Gasteiger partial charge in [-0.3, -0.25) is 4.90 Å². The summed E-state index contributed by atoms with van der Waals surface area (Å²) in [6.07, 6.45) is 5.21. The maximum atomic E-state index is 6.14. The molecule has 0 amide bonds. The highest BCUT2D eigenvalue weighted by Crippen LogP contribution is 2.40. The Balaban J connectivity index is 1.65. The molecular weight excluding hydrogens is 256 g/mol. The van der Waals surface area contributed by atoms with Gasteiger partial charge in [0.1, 0.15) is 0 Å². The largest absolute Gasteiger partial charge is 0.314 e. The molecule has 0 saturated carbocycles. The Kier molecular flexibility index (Phi) is 3.06. The summed E-state index contributed by atoms with van der Waals surface area (Å²) in [7, 11) is 0. The van der Waals surface area contributed by atoms with Crippen molar-refractivity contribution in [1.82, 2.24) is 10.2 Å². The molecule has 1 aromatic rings. The third-order valence-electron chi connectivity index (χ3n) is 5.25. The van der Waals surface area contributed by atoms with Gasteiger partial charge in [0.2, 0.25) is 0 Å². The predicted octanol–water partition coefficient (Wildman–Crippen LogP) is 3.01. The number of rotatable bonds is 0. The Labute approximate surface area is 120 Å². The van der Waals surface area contributed by atoms with E-state index in [1.165, 1.54) is 50.0 Å². The van der Waals surface area contributed by atoms with Crippen molar-refractivity contribution in [3.63, 3.8) is 0 Å². The van der Waals surface area contributed by atoms with Gasteiger partial charge in [0, 0.05) is 30.2 Å². The van der Waals surface area contributed by atoms with Crippen LogP contribution in [0.25, 0.3) is 0 Å². The average Bonchev–Trinajstić information content (AvgIpc) is 2.44. The minimum absolute atomic E-state index is 0.618. The van der Waals surface area contributed by atoms with E-state index in [1.54, 1.807) is 0 Å². The molecule has 3 heterocycles. The van der Waals surface area contributed by atoms with Crippen LogP contribution in [0, 0.1) is 5.92 Å². The van der Waals surface area contributed by atoms with E-state index in [0.29, 0.717) is 6.04 Å². The van der Waals surface area contributed by atoms with Crippen molar-refractivity contribution >= 4 is 11.6 Å². The summed E-state index contributed by atoms with van der Waals surface area (Å²) in [5.74, 6) is 0.874. The highest BCUT2D eigenvalue weighted by molar-refractivity contribution is 6.30. The van der Waals surface area contributed by atoms with E-state index >= 15 is 0 Å². The molecule has 3 heteroatoms. The molecule has 3 atom stereocenters. The second-order valence-corrected chi connectivity index (χ2v) is 6.74. The van der Waals surface area contributed by atoms with Gasteiger partial charge < -0.3 is 5.32 Å². The molecule has 102 valence electrons. The second-order valence-electron chi connectivity index (χ2n) is 6.30. The summed E-state index contributed by atoms with van der Waals surface area (Å²) in [6, 6.07) is 7.85. The standard InChI is InChI=1S/C16H21ClN2/c17-13-3-4-14-11(8-13)5-7-19-10-12-2-1-6-18-15(12)9-16(14)19/h3-4,8,12,15-16,18H,1-2,5-7,9-10H2/t12-,15+,16+/m1/s1. The highest BCUT2D eigenvalue weighted by atomic mass is 35.5. The first-order valence-corrected chi connectivity index (χ1v) is 7.95. The van der Waals surface area contributed by atoms with Crippen LogP contribution in [0.3, 0.4) is 0 Å². The fraction of sp³-hybridized carbons (Fsp3) is 0.625. The van der Waals surface area contributed by atoms with Crippen molar-refractivity contribution in [1.29, 1.82) is 0 Å². The first-order valence-electron chi connectivity index (χ1n) is 7.57. The van der Waals surface area contributed by atoms with Gasteiger partial charge in [-0.05, 0) is 61.4 Å². The van der Waals surface area contributed by atoms with Gasteiger partial charge in [-0.15, -0.1) is 0 Å². The van der Waals surface area contributed by atoms with Gasteiger partial charge in [-0.2, -0.15) is 0 Å². The number of fused-ring (bicyclic) bond motifs is 4. The molecule has 1 N–H and O–H groups in total. The molecular formula is C16H21ClN2. The first kappa shape index (κ1) is 12.2. The van der Waals surface area contributed by atoms with E-state index in [4.69, 9.17) is 11.6 Å². The van der Waals surface area contributed by atoms with Crippen LogP contribution in [0.4, 0.5) is 0 Å². The van der Waals surface area contributed by atoms with Crippen LogP contribution < -0.4 is 5.32 Å². The maximum absolute atomic E-state index is 6.14. The van der Waals surface area contributed by atoms with E-state index in [9.17, 15) is 0 Å². The summed E-state index contributed by atoms with van der Waals surface area (Å²) in [6.45, 7) is 3.70. The molecule has 3 aliphatic heterocycles. The zero-order valence-electron chi connectivity index (χ0n) is 11.2. The minimum atomic E-state index is 0.618. The lowest BCUT2D eigenvalue weighted by Crippen LogP contribution is -2.54. The highest BCUT2D eigenvalue weighted by Gasteiger charge is 2.39. The van der Waals surface area contributed by atoms with E-state index in [1.807, 2.05) is 0 Å². The van der Waals surface area contributed by atoms with Gasteiger partial charge >= 0.3 is 0 Å². The van der Waals surface area contributed by atoms with Crippen LogP contribution in [0.15, 0.2) is 18.2 Å². The Morgan fingerprint density at radius 2 is 2.26 bits per heavy atom. The average molecular weight is 277 g/mol. The predicted molar refractivity (Wildman–Crippen MR) is 78.6 cm³/mol. The SMILES string of the molecule is Clc1ccc2c(c1)CCN1C[C@H]3CCCN[C@H]3C[C@@H]21. The van der Waals surface area contributed by atoms with E-state index in [-0.39, 0.29) is 0 Å². The number of nitrogens with one attached hydrogen (secondary N) is 1. The summed E-state index contributed by atoms with van der Waals surface area (Å²) in [4.78, 5) is 2.71. The zero-order valence-corrected chi connectivity index (χ0v) is 12.0. The molecule has 19 heavy (non-hydrogen) atoms. The quantitative estimate of drug-likeness (QED) is 0.784. The fourth-order valence-corrected chi connectivity index (χ4v) is 4.48. The molecule has 0 radical (unpaired) electrons. The Morgan fingerprint density at radius 3 is 3.21 bits per heavy atom. The lowest BCUT2D eigenvalue weighted by molar-refractivity contribution is 0.0552. The summed E-state index contributed by atoms with van der Waals surface area (Å²) >= 11 is 6.14. The maximum Gasteiger partial charge on any atom is 0.0408 e. The first-order chi connectivity index (χ1) is 9.31. The number of hydrogen-bond donors (Lipinski definition) is 1. The van der Waals surface area contributed by atoms with E-state index in [0.717, 1.165) is 23.4 Å². The van der Waals surface area contributed by atoms with Gasteiger partial charge in [-0.1, -0.05) is 17.7 Å². The van der Waals surface area contributed by atoms with Crippen LogP contribution in [0.2, 0.25) is 5.02 Å². The van der Waals surface area contributed by atoms with Crippen LogP contribution >= 0.6 is 11.6 Å². The normalized spacial score (nSPS) is 34.3. The third-order valence-corrected chi connectivity index (χ3v) is 5.48. The zero-order chi connectivity index (χ0) is 12.8. The third kappa shape index (κ3) is 2.10. The topological polar surface area (TPSA) is 15.3 Å². The van der Waals surface area contributed by atoms with Gasteiger partial charge in [0.25, 0.3) is 0 Å². The number of halogens is 1. The minimum Gasteiger partial charge on any atom is -0.314 e. The molecule has 0 bridgehead atoms. The van der Waals surface area contributed by atoms with Crippen LogP contribution in [0.5, 0.6) is 0 Å². The molecule has 0 aliphatic carbocycles. The number of nitrogens with zero attached hydrogens (tertiary/aromatic N) is 1. The van der Waals surface area contributed by atoms with E-state index in [2.05, 4.69) is 28.4 Å². The molecule has 4 rings (SSSR count). The fourth-order valence-electron chi connectivity index (χ4n) is 4.28. The van der Waals surface area contributed by atoms with Crippen LogP contribution in [0.1, 0.15) is 36.4 Å². The Hall–Kier alpha value is -0.570. The van der Waals surface area contributed by atoms with Crippen molar-refractivity contribution in [2.45, 2.75) is 37.8 Å². The molecule has 3 aliphatic rings. The molecule has 0 unspecified atom stereocenters. The summed E-state index contributed by atoms with van der Waals surface area (Å²) in [5, 5.41) is 4.63. The number of benzene rings is 1. The van der Waals surface area contributed by atoms with Crippen molar-refractivity contribution in [3.05, 3.63) is 34.3 Å². The van der Waals surface area contributed by atoms with Crippen molar-refractivity contribution in [2.24, 2.45) is 5.92 Å². The number of piperidine rings is 2. The molecule has 2 nitrogen and oxygen atoms in total. The molecule has 2 saturated heterocycles. The van der Waals surface area contributed by atoms with Crippen molar-refractivity contribution < 1.29 is 0 Å². The Bertz CT molecular complexity index is 488. The monoisotopic (exact) mass is 276 g/mol. The molecule has 0 aromatic heterocycles. The summed E-state index contributed by atoms with van der Waals surface area (Å²) in [5.41, 5.74) is 3.00. The Morgan fingerprint density at radius 1 is 1.32 bits per heavy atom. The van der Waals surface area contributed by atoms with E-state index < -0.39 is 0 Å². The molecule has 1 aromatic carbocycles. The number of hydrogen-bond acceptors (Lipinski definition) is 2. The van der Waals surface area contributed by atoms with Gasteiger partial charge in [-0.25, -0.2) is 0 Å². The van der Waals surface area contributed by atoms with Gasteiger partial charge in [0.05, 0.1) is 0 Å². The van der Waals surface area contributed by atoms with Crippen molar-refractivity contribution in [2.75, 3.05) is 19.6 Å². The van der Waals surface area contributed by atoms with Crippen molar-refractivity contribution in [3.8, 4) is 0 Å². The molecule has 0 spiro atoms. The van der Waals surface area contributed by atoms with Gasteiger partial charge in [0.15, 0.2) is 0 Å². The molecule has 2 fully saturated rings.